The maximum absolute atomic E-state index is 13.3. The van der Waals surface area contributed by atoms with E-state index in [2.05, 4.69) is 23.7 Å². The molecule has 0 spiro atoms. The van der Waals surface area contributed by atoms with Crippen LogP contribution in [0.15, 0.2) is 30.5 Å². The molecule has 0 bridgehead atoms. The van der Waals surface area contributed by atoms with Crippen molar-refractivity contribution in [2.24, 2.45) is 5.92 Å². The zero-order valence-electron chi connectivity index (χ0n) is 16.0. The van der Waals surface area contributed by atoms with Gasteiger partial charge in [-0.2, -0.15) is 0 Å². The summed E-state index contributed by atoms with van der Waals surface area (Å²) in [6.07, 6.45) is 2.75. The maximum Gasteiger partial charge on any atom is 0.256 e. The van der Waals surface area contributed by atoms with Gasteiger partial charge in [0.1, 0.15) is 5.82 Å². The molecule has 0 N–H and O–H groups in total. The number of hydrogen-bond acceptors (Lipinski definition) is 5. The van der Waals surface area contributed by atoms with E-state index in [1.165, 1.54) is 0 Å². The molecule has 2 aliphatic rings. The fourth-order valence-corrected chi connectivity index (χ4v) is 3.71. The van der Waals surface area contributed by atoms with Crippen LogP contribution in [0.1, 0.15) is 41.3 Å². The van der Waals surface area contributed by atoms with Crippen LogP contribution in [0.3, 0.4) is 0 Å². The van der Waals surface area contributed by atoms with E-state index in [0.717, 1.165) is 47.8 Å². The molecule has 1 aromatic carbocycles. The second kappa shape index (κ2) is 7.64. The summed E-state index contributed by atoms with van der Waals surface area (Å²) in [7, 11) is 0. The third kappa shape index (κ3) is 3.81. The molecule has 0 radical (unpaired) electrons. The van der Waals surface area contributed by atoms with E-state index in [9.17, 15) is 4.79 Å². The number of ether oxygens (including phenoxy) is 1. The molecule has 142 valence electrons. The van der Waals surface area contributed by atoms with Crippen LogP contribution < -0.4 is 4.90 Å². The Kier molecular flexibility index (Phi) is 5.07. The first-order chi connectivity index (χ1) is 13.1. The Bertz CT molecular complexity index is 831. The minimum Gasteiger partial charge on any atom is -0.378 e. The van der Waals surface area contributed by atoms with E-state index in [1.54, 1.807) is 0 Å². The molecule has 0 aliphatic carbocycles. The zero-order chi connectivity index (χ0) is 18.8. The van der Waals surface area contributed by atoms with E-state index >= 15 is 0 Å². The molecule has 6 heteroatoms. The summed E-state index contributed by atoms with van der Waals surface area (Å²) in [6.45, 7) is 8.48. The number of fused-ring (bicyclic) bond motifs is 1. The largest absolute Gasteiger partial charge is 0.378 e. The maximum atomic E-state index is 13.3. The van der Waals surface area contributed by atoms with Crippen molar-refractivity contribution in [3.63, 3.8) is 0 Å². The highest BCUT2D eigenvalue weighted by atomic mass is 16.5. The Morgan fingerprint density at radius 3 is 2.74 bits per heavy atom. The number of benzene rings is 1. The van der Waals surface area contributed by atoms with Crippen LogP contribution >= 0.6 is 0 Å². The Labute approximate surface area is 160 Å². The number of para-hydroxylation sites is 1. The number of anilines is 1. The minimum atomic E-state index is 0.0560. The molecule has 1 aromatic heterocycles. The first-order valence-electron chi connectivity index (χ1n) is 9.66. The summed E-state index contributed by atoms with van der Waals surface area (Å²) in [5.74, 6) is 1.44. The fraction of sp³-hybridized carbons (Fsp3) is 0.476. The van der Waals surface area contributed by atoms with E-state index in [-0.39, 0.29) is 5.91 Å². The molecule has 6 nitrogen and oxygen atoms in total. The van der Waals surface area contributed by atoms with Gasteiger partial charge < -0.3 is 14.5 Å². The van der Waals surface area contributed by atoms with Crippen molar-refractivity contribution >= 4 is 11.6 Å². The third-order valence-electron chi connectivity index (χ3n) is 5.07. The van der Waals surface area contributed by atoms with Crippen molar-refractivity contribution in [3.05, 3.63) is 53.1 Å². The average molecular weight is 366 g/mol. The number of carbonyl (C=O) groups is 1. The summed E-state index contributed by atoms with van der Waals surface area (Å²) in [6, 6.07) is 7.87. The number of aromatic nitrogens is 2. The predicted octanol–water partition coefficient (Wildman–Crippen LogP) is 2.67. The average Bonchev–Trinajstić information content (AvgIpc) is 3.11. The first kappa shape index (κ1) is 17.9. The Morgan fingerprint density at radius 2 is 1.96 bits per heavy atom. The van der Waals surface area contributed by atoms with Crippen LogP contribution in [0.4, 0.5) is 5.69 Å². The van der Waals surface area contributed by atoms with Crippen molar-refractivity contribution in [2.45, 2.75) is 33.4 Å². The van der Waals surface area contributed by atoms with Crippen molar-refractivity contribution < 1.29 is 9.53 Å². The number of carbonyl (C=O) groups excluding carboxylic acids is 1. The fourth-order valence-electron chi connectivity index (χ4n) is 3.71. The Balaban J connectivity index is 1.54. The van der Waals surface area contributed by atoms with Gasteiger partial charge in [0.25, 0.3) is 5.91 Å². The van der Waals surface area contributed by atoms with E-state index < -0.39 is 0 Å². The number of morpholine rings is 1. The molecular formula is C21H26N4O2. The second-order valence-corrected chi connectivity index (χ2v) is 7.63. The highest BCUT2D eigenvalue weighted by Crippen LogP contribution is 2.27. The molecule has 2 aliphatic heterocycles. The summed E-state index contributed by atoms with van der Waals surface area (Å²) in [5, 5.41) is 0. The molecule has 2 aromatic rings. The monoisotopic (exact) mass is 366 g/mol. The van der Waals surface area contributed by atoms with Crippen molar-refractivity contribution in [2.75, 3.05) is 31.2 Å². The molecule has 1 fully saturated rings. The SMILES string of the molecule is CC(C)Cc1ncc2c(n1)CN(C(=O)c1ccccc1N1CCOCC1)C2. The van der Waals surface area contributed by atoms with Crippen LogP contribution in [0.5, 0.6) is 0 Å². The zero-order valence-corrected chi connectivity index (χ0v) is 16.0. The van der Waals surface area contributed by atoms with Gasteiger partial charge in [-0.05, 0) is 18.1 Å². The van der Waals surface area contributed by atoms with Gasteiger partial charge in [0.15, 0.2) is 0 Å². The molecule has 4 rings (SSSR count). The first-order valence-corrected chi connectivity index (χ1v) is 9.66. The van der Waals surface area contributed by atoms with Gasteiger partial charge in [-0.25, -0.2) is 9.97 Å². The lowest BCUT2D eigenvalue weighted by atomic mass is 10.1. The van der Waals surface area contributed by atoms with Gasteiger partial charge >= 0.3 is 0 Å². The quantitative estimate of drug-likeness (QED) is 0.833. The lowest BCUT2D eigenvalue weighted by molar-refractivity contribution is 0.0749. The van der Waals surface area contributed by atoms with Crippen molar-refractivity contribution in [1.29, 1.82) is 0 Å². The van der Waals surface area contributed by atoms with Gasteiger partial charge in [0.2, 0.25) is 0 Å². The lowest BCUT2D eigenvalue weighted by Crippen LogP contribution is -2.38. The molecule has 0 atom stereocenters. The summed E-state index contributed by atoms with van der Waals surface area (Å²) < 4.78 is 5.45. The topological polar surface area (TPSA) is 58.6 Å². The van der Waals surface area contributed by atoms with Gasteiger partial charge in [-0.15, -0.1) is 0 Å². The number of nitrogens with zero attached hydrogens (tertiary/aromatic N) is 4. The molecule has 3 heterocycles. The summed E-state index contributed by atoms with van der Waals surface area (Å²) in [4.78, 5) is 26.5. The standard InChI is InChI=1S/C21H26N4O2/c1-15(2)11-20-22-12-16-13-25(14-18(16)23-20)21(26)17-5-3-4-6-19(17)24-7-9-27-10-8-24/h3-6,12,15H,7-11,13-14H2,1-2H3. The van der Waals surface area contributed by atoms with Gasteiger partial charge in [-0.3, -0.25) is 4.79 Å². The molecule has 1 saturated heterocycles. The number of hydrogen-bond donors (Lipinski definition) is 0. The minimum absolute atomic E-state index is 0.0560. The molecule has 1 amide bonds. The van der Waals surface area contributed by atoms with Crippen molar-refractivity contribution in [3.8, 4) is 0 Å². The van der Waals surface area contributed by atoms with Crippen LogP contribution in [-0.2, 0) is 24.2 Å². The molecular weight excluding hydrogens is 340 g/mol. The van der Waals surface area contributed by atoms with Crippen molar-refractivity contribution in [1.82, 2.24) is 14.9 Å². The van der Waals surface area contributed by atoms with Gasteiger partial charge in [-0.1, -0.05) is 26.0 Å². The van der Waals surface area contributed by atoms with Gasteiger partial charge in [0, 0.05) is 43.5 Å². The van der Waals surface area contributed by atoms with Crippen LogP contribution in [0.25, 0.3) is 0 Å². The number of amides is 1. The normalized spacial score (nSPS) is 16.7. The Hall–Kier alpha value is -2.47. The van der Waals surface area contributed by atoms with E-state index in [4.69, 9.17) is 9.72 Å². The van der Waals surface area contributed by atoms with E-state index in [1.807, 2.05) is 35.4 Å². The van der Waals surface area contributed by atoms with Crippen LogP contribution in [-0.4, -0.2) is 47.1 Å². The molecule has 0 unspecified atom stereocenters. The second-order valence-electron chi connectivity index (χ2n) is 7.63. The Morgan fingerprint density at radius 1 is 1.19 bits per heavy atom. The summed E-state index contributed by atoms with van der Waals surface area (Å²) in [5.41, 5.74) is 3.79. The van der Waals surface area contributed by atoms with E-state index in [0.29, 0.717) is 32.2 Å². The highest BCUT2D eigenvalue weighted by Gasteiger charge is 2.28. The third-order valence-corrected chi connectivity index (χ3v) is 5.07. The number of rotatable bonds is 4. The van der Waals surface area contributed by atoms with Gasteiger partial charge in [0.05, 0.1) is 31.0 Å². The smallest absolute Gasteiger partial charge is 0.256 e. The molecule has 27 heavy (non-hydrogen) atoms. The highest BCUT2D eigenvalue weighted by molar-refractivity contribution is 6.00. The molecule has 0 saturated carbocycles. The van der Waals surface area contributed by atoms with Crippen LogP contribution in [0.2, 0.25) is 0 Å². The lowest BCUT2D eigenvalue weighted by Gasteiger charge is -2.31. The van der Waals surface area contributed by atoms with Crippen LogP contribution in [0, 0.1) is 5.92 Å². The summed E-state index contributed by atoms with van der Waals surface area (Å²) >= 11 is 0. The predicted molar refractivity (Wildman–Crippen MR) is 104 cm³/mol.